The third-order valence-electron chi connectivity index (χ3n) is 4.01. The zero-order valence-electron chi connectivity index (χ0n) is 13.6. The van der Waals surface area contributed by atoms with E-state index in [0.717, 1.165) is 38.0 Å². The molecule has 1 fully saturated rings. The SMILES string of the molecule is CCc1cccc(NC(=O)CNC(=O)CCC2CCNC2)c1.Cl. The zero-order valence-corrected chi connectivity index (χ0v) is 14.4. The van der Waals surface area contributed by atoms with Crippen molar-refractivity contribution in [2.45, 2.75) is 32.6 Å². The molecule has 0 aliphatic carbocycles. The number of aryl methyl sites for hydroxylation is 1. The minimum atomic E-state index is -0.191. The monoisotopic (exact) mass is 339 g/mol. The fraction of sp³-hybridized carbons (Fsp3) is 0.529. The molecule has 23 heavy (non-hydrogen) atoms. The summed E-state index contributed by atoms with van der Waals surface area (Å²) in [6.45, 7) is 4.15. The van der Waals surface area contributed by atoms with E-state index in [1.54, 1.807) is 0 Å². The molecule has 1 aliphatic rings. The van der Waals surface area contributed by atoms with Gasteiger partial charge in [-0.15, -0.1) is 12.4 Å². The largest absolute Gasteiger partial charge is 0.347 e. The van der Waals surface area contributed by atoms with Crippen LogP contribution in [0.15, 0.2) is 24.3 Å². The third-order valence-corrected chi connectivity index (χ3v) is 4.01. The molecule has 2 rings (SSSR count). The van der Waals surface area contributed by atoms with Crippen LogP contribution in [0.4, 0.5) is 5.69 Å². The Bertz CT molecular complexity index is 516. The van der Waals surface area contributed by atoms with E-state index in [0.29, 0.717) is 12.3 Å². The van der Waals surface area contributed by atoms with E-state index in [4.69, 9.17) is 0 Å². The summed E-state index contributed by atoms with van der Waals surface area (Å²) in [5.41, 5.74) is 1.95. The summed E-state index contributed by atoms with van der Waals surface area (Å²) >= 11 is 0. The number of benzene rings is 1. The summed E-state index contributed by atoms with van der Waals surface area (Å²) < 4.78 is 0. The van der Waals surface area contributed by atoms with Crippen LogP contribution in [0.25, 0.3) is 0 Å². The molecule has 1 saturated heterocycles. The number of amides is 2. The smallest absolute Gasteiger partial charge is 0.243 e. The van der Waals surface area contributed by atoms with E-state index >= 15 is 0 Å². The van der Waals surface area contributed by atoms with Gasteiger partial charge in [0.05, 0.1) is 6.54 Å². The van der Waals surface area contributed by atoms with Gasteiger partial charge in [-0.3, -0.25) is 9.59 Å². The van der Waals surface area contributed by atoms with Gasteiger partial charge >= 0.3 is 0 Å². The molecule has 0 radical (unpaired) electrons. The third kappa shape index (κ3) is 7.01. The summed E-state index contributed by atoms with van der Waals surface area (Å²) in [6.07, 6.45) is 3.45. The van der Waals surface area contributed by atoms with Crippen molar-refractivity contribution in [1.29, 1.82) is 0 Å². The molecule has 6 heteroatoms. The molecule has 3 N–H and O–H groups in total. The molecule has 1 aromatic carbocycles. The summed E-state index contributed by atoms with van der Waals surface area (Å²) in [6, 6.07) is 7.75. The molecule has 0 saturated carbocycles. The van der Waals surface area contributed by atoms with Gasteiger partial charge in [-0.25, -0.2) is 0 Å². The van der Waals surface area contributed by atoms with Crippen LogP contribution < -0.4 is 16.0 Å². The second-order valence-electron chi connectivity index (χ2n) is 5.78. The molecule has 128 valence electrons. The minimum Gasteiger partial charge on any atom is -0.347 e. The van der Waals surface area contributed by atoms with Crippen molar-refractivity contribution >= 4 is 29.9 Å². The predicted octanol–water partition coefficient (Wildman–Crippen LogP) is 2.12. The van der Waals surface area contributed by atoms with Gasteiger partial charge in [0.15, 0.2) is 0 Å². The molecule has 1 atom stereocenters. The van der Waals surface area contributed by atoms with Crippen molar-refractivity contribution in [1.82, 2.24) is 10.6 Å². The van der Waals surface area contributed by atoms with Crippen molar-refractivity contribution < 1.29 is 9.59 Å². The molecule has 5 nitrogen and oxygen atoms in total. The Morgan fingerprint density at radius 2 is 2.13 bits per heavy atom. The molecule has 0 aromatic heterocycles. The molecule has 0 bridgehead atoms. The standard InChI is InChI=1S/C17H25N3O2.ClH/c1-2-13-4-3-5-15(10-13)20-17(22)12-19-16(21)7-6-14-8-9-18-11-14;/h3-5,10,14,18H,2,6-9,11-12H2,1H3,(H,19,21)(H,20,22);1H. The number of carbonyl (C=O) groups excluding carboxylic acids is 2. The van der Waals surface area contributed by atoms with Crippen LogP contribution >= 0.6 is 12.4 Å². The van der Waals surface area contributed by atoms with Crippen LogP contribution in [0.3, 0.4) is 0 Å². The van der Waals surface area contributed by atoms with E-state index in [1.165, 1.54) is 5.56 Å². The Morgan fingerprint density at radius 1 is 1.30 bits per heavy atom. The number of nitrogens with one attached hydrogen (secondary N) is 3. The van der Waals surface area contributed by atoms with E-state index in [9.17, 15) is 9.59 Å². The van der Waals surface area contributed by atoms with E-state index in [-0.39, 0.29) is 30.8 Å². The first-order chi connectivity index (χ1) is 10.7. The summed E-state index contributed by atoms with van der Waals surface area (Å²) in [7, 11) is 0. The summed E-state index contributed by atoms with van der Waals surface area (Å²) in [4.78, 5) is 23.6. The lowest BCUT2D eigenvalue weighted by molar-refractivity contribution is -0.124. The predicted molar refractivity (Wildman–Crippen MR) is 94.9 cm³/mol. The highest BCUT2D eigenvalue weighted by molar-refractivity contribution is 5.94. The van der Waals surface area contributed by atoms with Crippen LogP contribution in [0, 0.1) is 5.92 Å². The van der Waals surface area contributed by atoms with Crippen LogP contribution in [-0.2, 0) is 16.0 Å². The maximum absolute atomic E-state index is 11.8. The quantitative estimate of drug-likeness (QED) is 0.712. The molecule has 2 amide bonds. The maximum Gasteiger partial charge on any atom is 0.243 e. The average Bonchev–Trinajstić information content (AvgIpc) is 3.04. The first kappa shape index (κ1) is 19.5. The Morgan fingerprint density at radius 3 is 2.83 bits per heavy atom. The topological polar surface area (TPSA) is 70.2 Å². The van der Waals surface area contributed by atoms with Crippen molar-refractivity contribution in [3.63, 3.8) is 0 Å². The van der Waals surface area contributed by atoms with Crippen molar-refractivity contribution in [2.75, 3.05) is 25.0 Å². The lowest BCUT2D eigenvalue weighted by Crippen LogP contribution is -2.33. The van der Waals surface area contributed by atoms with Crippen LogP contribution in [0.2, 0.25) is 0 Å². The Balaban J connectivity index is 0.00000264. The minimum absolute atomic E-state index is 0. The second-order valence-corrected chi connectivity index (χ2v) is 5.78. The zero-order chi connectivity index (χ0) is 15.8. The number of rotatable bonds is 7. The molecule has 1 aliphatic heterocycles. The number of hydrogen-bond donors (Lipinski definition) is 3. The first-order valence-electron chi connectivity index (χ1n) is 8.03. The fourth-order valence-corrected chi connectivity index (χ4v) is 2.64. The van der Waals surface area contributed by atoms with Gasteiger partial charge in [-0.1, -0.05) is 19.1 Å². The molecular formula is C17H26ClN3O2. The van der Waals surface area contributed by atoms with Gasteiger partial charge in [-0.2, -0.15) is 0 Å². The van der Waals surface area contributed by atoms with Crippen molar-refractivity contribution in [3.8, 4) is 0 Å². The number of halogens is 1. The second kappa shape index (κ2) is 10.2. The Kier molecular flexibility index (Phi) is 8.66. The average molecular weight is 340 g/mol. The normalized spacial score (nSPS) is 16.5. The lowest BCUT2D eigenvalue weighted by atomic mass is 10.0. The fourth-order valence-electron chi connectivity index (χ4n) is 2.64. The van der Waals surface area contributed by atoms with Gasteiger partial charge in [0.2, 0.25) is 11.8 Å². The Hall–Kier alpha value is -1.59. The van der Waals surface area contributed by atoms with Gasteiger partial charge in [0.25, 0.3) is 0 Å². The van der Waals surface area contributed by atoms with Crippen molar-refractivity contribution in [3.05, 3.63) is 29.8 Å². The maximum atomic E-state index is 11.8. The highest BCUT2D eigenvalue weighted by Crippen LogP contribution is 2.14. The highest BCUT2D eigenvalue weighted by Gasteiger charge is 2.15. The number of carbonyl (C=O) groups is 2. The van der Waals surface area contributed by atoms with Gasteiger partial charge in [0.1, 0.15) is 0 Å². The van der Waals surface area contributed by atoms with E-state index < -0.39 is 0 Å². The van der Waals surface area contributed by atoms with Gasteiger partial charge < -0.3 is 16.0 Å². The molecular weight excluding hydrogens is 314 g/mol. The number of anilines is 1. The van der Waals surface area contributed by atoms with Gasteiger partial charge in [-0.05, 0) is 56.0 Å². The number of hydrogen-bond acceptors (Lipinski definition) is 3. The lowest BCUT2D eigenvalue weighted by Gasteiger charge is -2.09. The first-order valence-corrected chi connectivity index (χ1v) is 8.03. The highest BCUT2D eigenvalue weighted by atomic mass is 35.5. The van der Waals surface area contributed by atoms with E-state index in [2.05, 4.69) is 22.9 Å². The molecule has 1 heterocycles. The van der Waals surface area contributed by atoms with E-state index in [1.807, 2.05) is 24.3 Å². The van der Waals surface area contributed by atoms with Crippen molar-refractivity contribution in [2.24, 2.45) is 5.92 Å². The summed E-state index contributed by atoms with van der Waals surface area (Å²) in [5, 5.41) is 8.78. The van der Waals surface area contributed by atoms with Crippen LogP contribution in [-0.4, -0.2) is 31.4 Å². The Labute approximate surface area is 144 Å². The molecule has 1 aromatic rings. The summed E-state index contributed by atoms with van der Waals surface area (Å²) in [5.74, 6) is 0.352. The van der Waals surface area contributed by atoms with Gasteiger partial charge in [0, 0.05) is 12.1 Å². The van der Waals surface area contributed by atoms with Crippen LogP contribution in [0.5, 0.6) is 0 Å². The molecule has 0 spiro atoms. The van der Waals surface area contributed by atoms with Crippen LogP contribution in [0.1, 0.15) is 31.7 Å². The molecule has 1 unspecified atom stereocenters.